The molecule has 14 heteroatoms. The molecule has 11 nitrogen and oxygen atoms in total. The van der Waals surface area contributed by atoms with Gasteiger partial charge in [0.05, 0.1) is 6.42 Å². The molecule has 1 aliphatic carbocycles. The quantitative estimate of drug-likeness (QED) is 0.277. The van der Waals surface area contributed by atoms with Crippen molar-refractivity contribution in [3.63, 3.8) is 0 Å². The number of aromatic nitrogens is 1. The Morgan fingerprint density at radius 2 is 1.88 bits per heavy atom. The monoisotopic (exact) mass is 704 g/mol. The van der Waals surface area contributed by atoms with Crippen LogP contribution in [0.15, 0.2) is 54.7 Å². The molecule has 1 saturated carbocycles. The molecule has 3 aromatic rings. The van der Waals surface area contributed by atoms with Gasteiger partial charge in [-0.1, -0.05) is 57.9 Å². The normalized spacial score (nSPS) is 21.1. The maximum Gasteiger partial charge on any atom is 0.573 e. The number of carbonyl (C=O) groups is 4. The predicted molar refractivity (Wildman–Crippen MR) is 181 cm³/mol. The summed E-state index contributed by atoms with van der Waals surface area (Å²) in [6, 6.07) is 10.4. The number of halogens is 3. The van der Waals surface area contributed by atoms with E-state index < -0.39 is 58.9 Å². The number of ether oxygens (including phenoxy) is 1. The Morgan fingerprint density at radius 1 is 1.16 bits per heavy atom. The molecule has 3 heterocycles. The smallest absolute Gasteiger partial charge is 0.403 e. The molecule has 1 aromatic heterocycles. The summed E-state index contributed by atoms with van der Waals surface area (Å²) in [7, 11) is 1.48. The molecule has 6 rings (SSSR count). The lowest BCUT2D eigenvalue weighted by Crippen LogP contribution is -2.56. The molecule has 2 aromatic carbocycles. The van der Waals surface area contributed by atoms with Crippen LogP contribution in [0.2, 0.25) is 0 Å². The van der Waals surface area contributed by atoms with Crippen LogP contribution >= 0.6 is 0 Å². The number of nitrogens with zero attached hydrogens (tertiary/aromatic N) is 4. The van der Waals surface area contributed by atoms with Crippen molar-refractivity contribution in [1.82, 2.24) is 20.1 Å². The maximum absolute atomic E-state index is 14.5. The summed E-state index contributed by atoms with van der Waals surface area (Å²) in [5, 5.41) is 5.85. The van der Waals surface area contributed by atoms with Crippen LogP contribution in [-0.4, -0.2) is 76.6 Å². The Labute approximate surface area is 293 Å². The molecule has 1 spiro atoms. The van der Waals surface area contributed by atoms with Gasteiger partial charge in [0.25, 0.3) is 11.8 Å². The molecule has 2 N–H and O–H groups in total. The number of hydrogen-bond acceptors (Lipinski definition) is 6. The fourth-order valence-corrected chi connectivity index (χ4v) is 7.16. The van der Waals surface area contributed by atoms with E-state index in [1.165, 1.54) is 41.2 Å². The molecule has 4 atom stereocenters. The van der Waals surface area contributed by atoms with Crippen LogP contribution in [0, 0.1) is 17.9 Å². The zero-order valence-electron chi connectivity index (χ0n) is 28.7. The van der Waals surface area contributed by atoms with Gasteiger partial charge in [0.1, 0.15) is 23.0 Å². The van der Waals surface area contributed by atoms with E-state index in [1.54, 1.807) is 18.2 Å². The third-order valence-electron chi connectivity index (χ3n) is 9.82. The highest BCUT2D eigenvalue weighted by Gasteiger charge is 2.59. The van der Waals surface area contributed by atoms with Gasteiger partial charge in [-0.15, -0.1) is 13.2 Å². The fraction of sp³-hybridized carbons (Fsp3) is 0.459. The number of hydrogen-bond donors (Lipinski definition) is 2. The van der Waals surface area contributed by atoms with E-state index in [4.69, 9.17) is 6.57 Å². The van der Waals surface area contributed by atoms with Gasteiger partial charge in [-0.2, -0.15) is 0 Å². The summed E-state index contributed by atoms with van der Waals surface area (Å²) in [5.41, 5.74) is -0.455. The largest absolute Gasteiger partial charge is 0.573 e. The van der Waals surface area contributed by atoms with Gasteiger partial charge in [0, 0.05) is 36.4 Å². The van der Waals surface area contributed by atoms with Crippen LogP contribution in [0.1, 0.15) is 68.8 Å². The molecular formula is C37H39F3N6O5. The zero-order chi connectivity index (χ0) is 36.9. The average Bonchev–Trinajstić information content (AvgIpc) is 3.74. The second kappa shape index (κ2) is 13.2. The van der Waals surface area contributed by atoms with Crippen molar-refractivity contribution in [2.75, 3.05) is 18.9 Å². The van der Waals surface area contributed by atoms with Crippen LogP contribution < -0.4 is 15.4 Å². The number of alkyl halides is 3. The molecule has 0 unspecified atom stereocenters. The highest BCUT2D eigenvalue weighted by molar-refractivity contribution is 6.07. The zero-order valence-corrected chi connectivity index (χ0v) is 28.7. The molecule has 268 valence electrons. The number of rotatable bonds is 9. The summed E-state index contributed by atoms with van der Waals surface area (Å²) in [5.74, 6) is -2.63. The SMILES string of the molecule is [C-]#[N+][C@@H]1C[C@@]2(CN1C(=O)[C@H](CC(C)(C)C)N(C)C(=O)[C@H](CC1CC1)NC(=O)c1cc(OC(F)(F)F)c3ncccc3c1)C(=O)Nc1ccccc12. The number of carbonyl (C=O) groups excluding carboxylic acids is 4. The van der Waals surface area contributed by atoms with Crippen molar-refractivity contribution in [3.05, 3.63) is 77.3 Å². The predicted octanol–water partition coefficient (Wildman–Crippen LogP) is 5.66. The number of benzene rings is 2. The van der Waals surface area contributed by atoms with E-state index >= 15 is 0 Å². The van der Waals surface area contributed by atoms with Crippen LogP contribution in [0.5, 0.6) is 5.75 Å². The van der Waals surface area contributed by atoms with Crippen LogP contribution in [0.4, 0.5) is 18.9 Å². The topological polar surface area (TPSA) is 125 Å². The number of pyridine rings is 1. The van der Waals surface area contributed by atoms with Crippen LogP contribution in [0.3, 0.4) is 0 Å². The lowest BCUT2D eigenvalue weighted by Gasteiger charge is -2.36. The lowest BCUT2D eigenvalue weighted by molar-refractivity contribution is -0.274. The minimum absolute atomic E-state index is 0.0359. The molecule has 0 radical (unpaired) electrons. The van der Waals surface area contributed by atoms with Gasteiger partial charge in [-0.25, -0.2) is 6.57 Å². The summed E-state index contributed by atoms with van der Waals surface area (Å²) in [6.07, 6.45) is -2.41. The fourth-order valence-electron chi connectivity index (χ4n) is 7.16. The van der Waals surface area contributed by atoms with E-state index in [0.29, 0.717) is 5.69 Å². The van der Waals surface area contributed by atoms with Crippen molar-refractivity contribution in [2.24, 2.45) is 11.3 Å². The number of nitrogens with one attached hydrogen (secondary N) is 2. The van der Waals surface area contributed by atoms with E-state index in [2.05, 4.69) is 25.2 Å². The Bertz CT molecular complexity index is 1930. The Morgan fingerprint density at radius 3 is 2.55 bits per heavy atom. The van der Waals surface area contributed by atoms with E-state index in [0.717, 1.165) is 24.5 Å². The van der Waals surface area contributed by atoms with Crippen LogP contribution in [-0.2, 0) is 19.8 Å². The first-order valence-corrected chi connectivity index (χ1v) is 16.8. The second-order valence-electron chi connectivity index (χ2n) is 14.9. The minimum atomic E-state index is -5.03. The molecule has 3 aliphatic rings. The first-order valence-electron chi connectivity index (χ1n) is 16.8. The summed E-state index contributed by atoms with van der Waals surface area (Å²) in [4.78, 5) is 66.3. The average molecular weight is 705 g/mol. The first-order chi connectivity index (χ1) is 24.0. The van der Waals surface area contributed by atoms with Gasteiger partial charge in [-0.05, 0) is 54.0 Å². The summed E-state index contributed by atoms with van der Waals surface area (Å²) in [6.45, 7) is 13.7. The second-order valence-corrected chi connectivity index (χ2v) is 14.9. The van der Waals surface area contributed by atoms with Crippen molar-refractivity contribution in [2.45, 2.75) is 82.9 Å². The summed E-state index contributed by atoms with van der Waals surface area (Å²) >= 11 is 0. The molecule has 1 saturated heterocycles. The summed E-state index contributed by atoms with van der Waals surface area (Å²) < 4.78 is 44.0. The number of likely N-dealkylation sites (N-methyl/N-ethyl adjacent to an activating group) is 1. The van der Waals surface area contributed by atoms with Gasteiger partial charge >= 0.3 is 12.5 Å². The minimum Gasteiger partial charge on any atom is -0.403 e. The number of amides is 4. The van der Waals surface area contributed by atoms with Gasteiger partial charge in [0.15, 0.2) is 5.75 Å². The van der Waals surface area contributed by atoms with Gasteiger partial charge in [0.2, 0.25) is 11.8 Å². The first kappa shape index (κ1) is 35.6. The lowest BCUT2D eigenvalue weighted by atomic mass is 9.80. The Hall–Kier alpha value is -5.19. The van der Waals surface area contributed by atoms with E-state index in [9.17, 15) is 32.3 Å². The highest BCUT2D eigenvalue weighted by atomic mass is 19.4. The molecule has 4 amide bonds. The third-order valence-corrected chi connectivity index (χ3v) is 9.82. The maximum atomic E-state index is 14.5. The molecule has 51 heavy (non-hydrogen) atoms. The Kier molecular flexibility index (Phi) is 9.20. The number of likely N-dealkylation sites (tertiary alicyclic amines) is 1. The number of anilines is 1. The van der Waals surface area contributed by atoms with Crippen molar-refractivity contribution in [3.8, 4) is 5.75 Å². The molecule has 0 bridgehead atoms. The number of para-hydroxylation sites is 1. The van der Waals surface area contributed by atoms with Crippen molar-refractivity contribution < 1.29 is 37.1 Å². The molecule has 2 aliphatic heterocycles. The molecular weight excluding hydrogens is 665 g/mol. The van der Waals surface area contributed by atoms with Crippen LogP contribution in [0.25, 0.3) is 15.7 Å². The van der Waals surface area contributed by atoms with Crippen molar-refractivity contribution in [1.29, 1.82) is 0 Å². The van der Waals surface area contributed by atoms with Gasteiger partial charge in [-0.3, -0.25) is 33.9 Å². The van der Waals surface area contributed by atoms with Crippen molar-refractivity contribution >= 4 is 40.2 Å². The standard InChI is InChI=1S/C37H39F3N6O5/c1-35(2,3)18-27(33(49)46-20-36(19-29(46)41-4)24-10-6-7-11-25(24)44-34(36)50)45(5)32(48)26(15-21-12-13-21)43-31(47)23-16-22-9-8-14-42-30(22)28(17-23)51-37(38,39)40/h6-11,14,16-17,21,26-27,29H,12-13,15,18-20H2,1-3,5H3,(H,43,47)(H,44,50)/t26-,27-,29-,36-/m0/s1. The number of fused-ring (bicyclic) bond motifs is 3. The highest BCUT2D eigenvalue weighted by Crippen LogP contribution is 2.47. The van der Waals surface area contributed by atoms with Gasteiger partial charge < -0.3 is 20.3 Å². The third kappa shape index (κ3) is 7.34. The van der Waals surface area contributed by atoms with E-state index in [-0.39, 0.29) is 54.1 Å². The van der Waals surface area contributed by atoms with E-state index in [1.807, 2.05) is 26.8 Å². The molecule has 2 fully saturated rings. The Balaban J connectivity index is 1.28.